The standard InChI is InChI=1S/C32H34S4/c1-3-5-7-9-11-25-13-15-27(33-25)17-19-29-21-23-31(35-29)32-24-22-30(36-32)20-18-28-16-14-26(34-28)12-10-8-6-4-2/h13-16,21-24H,3-12H2,1-2H3. The van der Waals surface area contributed by atoms with Crippen LogP contribution in [0.1, 0.15) is 94.5 Å². The van der Waals surface area contributed by atoms with Crippen LogP contribution >= 0.6 is 45.3 Å². The zero-order valence-electron chi connectivity index (χ0n) is 21.3. The van der Waals surface area contributed by atoms with E-state index in [0.29, 0.717) is 0 Å². The van der Waals surface area contributed by atoms with E-state index >= 15 is 0 Å². The average molecular weight is 547 g/mol. The molecule has 0 saturated heterocycles. The van der Waals surface area contributed by atoms with Gasteiger partial charge >= 0.3 is 0 Å². The molecule has 0 amide bonds. The predicted octanol–water partition coefficient (Wildman–Crippen LogP) is 10.6. The predicted molar refractivity (Wildman–Crippen MR) is 164 cm³/mol. The van der Waals surface area contributed by atoms with E-state index < -0.39 is 0 Å². The smallest absolute Gasteiger partial charge is 0.0779 e. The van der Waals surface area contributed by atoms with E-state index in [0.717, 1.165) is 9.75 Å². The first-order valence-electron chi connectivity index (χ1n) is 13.1. The highest BCUT2D eigenvalue weighted by Crippen LogP contribution is 2.33. The highest BCUT2D eigenvalue weighted by atomic mass is 32.1. The summed E-state index contributed by atoms with van der Waals surface area (Å²) in [5, 5.41) is 0. The van der Waals surface area contributed by atoms with Gasteiger partial charge in [-0.3, -0.25) is 0 Å². The number of hydrogen-bond acceptors (Lipinski definition) is 4. The monoisotopic (exact) mass is 546 g/mol. The third kappa shape index (κ3) is 8.50. The third-order valence-electron chi connectivity index (χ3n) is 5.95. The summed E-state index contributed by atoms with van der Waals surface area (Å²) in [7, 11) is 0. The largest absolute Gasteiger partial charge is 0.132 e. The maximum atomic E-state index is 3.37. The van der Waals surface area contributed by atoms with Gasteiger partial charge in [-0.05, 0) is 97.9 Å². The molecule has 186 valence electrons. The van der Waals surface area contributed by atoms with Crippen LogP contribution in [0.3, 0.4) is 0 Å². The zero-order chi connectivity index (χ0) is 25.0. The first kappa shape index (κ1) is 27.0. The molecular weight excluding hydrogens is 513 g/mol. The van der Waals surface area contributed by atoms with E-state index in [2.05, 4.69) is 86.1 Å². The lowest BCUT2D eigenvalue weighted by Gasteiger charge is -1.96. The minimum atomic E-state index is 1.12. The van der Waals surface area contributed by atoms with E-state index in [9.17, 15) is 0 Å². The van der Waals surface area contributed by atoms with Gasteiger partial charge < -0.3 is 0 Å². The van der Waals surface area contributed by atoms with Gasteiger partial charge in [-0.25, -0.2) is 0 Å². The Bertz CT molecular complexity index is 1230. The van der Waals surface area contributed by atoms with Crippen LogP contribution in [0.25, 0.3) is 9.75 Å². The van der Waals surface area contributed by atoms with Crippen molar-refractivity contribution in [3.63, 3.8) is 0 Å². The first-order valence-corrected chi connectivity index (χ1v) is 16.4. The van der Waals surface area contributed by atoms with Gasteiger partial charge in [0.2, 0.25) is 0 Å². The number of hydrogen-bond donors (Lipinski definition) is 0. The Hall–Kier alpha value is -2.08. The summed E-state index contributed by atoms with van der Waals surface area (Å²) >= 11 is 7.23. The van der Waals surface area contributed by atoms with E-state index in [1.807, 2.05) is 22.7 Å². The molecule has 0 unspecified atom stereocenters. The van der Waals surface area contributed by atoms with Crippen LogP contribution in [0, 0.1) is 23.7 Å². The average Bonchev–Trinajstić information content (AvgIpc) is 3.69. The molecule has 0 aliphatic rings. The normalized spacial score (nSPS) is 10.6. The molecule has 0 aromatic carbocycles. The summed E-state index contributed by atoms with van der Waals surface area (Å²) in [6, 6.07) is 17.5. The van der Waals surface area contributed by atoms with E-state index in [-0.39, 0.29) is 0 Å². The van der Waals surface area contributed by atoms with Crippen molar-refractivity contribution < 1.29 is 0 Å². The molecule has 4 aromatic heterocycles. The Morgan fingerprint density at radius 1 is 0.444 bits per heavy atom. The van der Waals surface area contributed by atoms with Crippen molar-refractivity contribution in [3.05, 3.63) is 77.8 Å². The van der Waals surface area contributed by atoms with E-state index in [1.54, 1.807) is 22.7 Å². The van der Waals surface area contributed by atoms with Gasteiger partial charge in [-0.15, -0.1) is 45.3 Å². The van der Waals surface area contributed by atoms with E-state index in [4.69, 9.17) is 0 Å². The fourth-order valence-electron chi connectivity index (χ4n) is 3.93. The highest BCUT2D eigenvalue weighted by molar-refractivity contribution is 7.22. The van der Waals surface area contributed by atoms with Crippen molar-refractivity contribution in [3.8, 4) is 33.4 Å². The molecule has 4 heterocycles. The van der Waals surface area contributed by atoms with Crippen molar-refractivity contribution in [2.75, 3.05) is 0 Å². The molecule has 0 nitrogen and oxygen atoms in total. The van der Waals surface area contributed by atoms with Gasteiger partial charge in [0, 0.05) is 19.5 Å². The molecule has 4 aromatic rings. The number of thiophene rings is 4. The van der Waals surface area contributed by atoms with Crippen LogP contribution in [0.15, 0.2) is 48.5 Å². The maximum Gasteiger partial charge on any atom is 0.0779 e. The third-order valence-corrected chi connectivity index (χ3v) is 10.3. The number of aryl methyl sites for hydroxylation is 2. The fraction of sp³-hybridized carbons (Fsp3) is 0.375. The van der Waals surface area contributed by atoms with Crippen molar-refractivity contribution in [1.29, 1.82) is 0 Å². The summed E-state index contributed by atoms with van der Waals surface area (Å²) < 4.78 is 0. The number of rotatable bonds is 11. The summed E-state index contributed by atoms with van der Waals surface area (Å²) in [5.41, 5.74) is 0. The van der Waals surface area contributed by atoms with Crippen LogP contribution in [0.4, 0.5) is 0 Å². The second kappa shape index (κ2) is 14.6. The van der Waals surface area contributed by atoms with Gasteiger partial charge in [0.25, 0.3) is 0 Å². The lowest BCUT2D eigenvalue weighted by atomic mass is 10.1. The molecule has 0 aliphatic carbocycles. The lowest BCUT2D eigenvalue weighted by molar-refractivity contribution is 0.670. The highest BCUT2D eigenvalue weighted by Gasteiger charge is 2.05. The van der Waals surface area contributed by atoms with Crippen LogP contribution in [-0.2, 0) is 12.8 Å². The molecule has 0 spiro atoms. The molecule has 0 saturated carbocycles. The van der Waals surface area contributed by atoms with E-state index in [1.165, 1.54) is 93.5 Å². The van der Waals surface area contributed by atoms with Gasteiger partial charge in [0.15, 0.2) is 0 Å². The molecule has 0 N–H and O–H groups in total. The molecule has 4 heteroatoms. The second-order valence-corrected chi connectivity index (χ2v) is 13.5. The Morgan fingerprint density at radius 3 is 1.25 bits per heavy atom. The fourth-order valence-corrected chi connectivity index (χ4v) is 7.55. The summed E-state index contributed by atoms with van der Waals surface area (Å²) in [6.07, 6.45) is 12.9. The maximum absolute atomic E-state index is 3.37. The molecular formula is C32H34S4. The molecule has 4 rings (SSSR count). The number of unbranched alkanes of at least 4 members (excludes halogenated alkanes) is 6. The summed E-state index contributed by atoms with van der Waals surface area (Å²) in [5.74, 6) is 13.5. The zero-order valence-corrected chi connectivity index (χ0v) is 24.6. The SMILES string of the molecule is CCCCCCc1ccc(C#Cc2ccc(-c3ccc(C#Cc4ccc(CCCCCC)s4)s3)s2)s1. The van der Waals surface area contributed by atoms with Crippen molar-refractivity contribution in [1.82, 2.24) is 0 Å². The Balaban J connectivity index is 1.32. The molecule has 0 radical (unpaired) electrons. The summed E-state index contributed by atoms with van der Waals surface area (Å²) in [4.78, 5) is 10.0. The Kier molecular flexibility index (Phi) is 10.9. The van der Waals surface area contributed by atoms with Crippen LogP contribution in [0.2, 0.25) is 0 Å². The molecule has 0 atom stereocenters. The lowest BCUT2D eigenvalue weighted by Crippen LogP contribution is -1.80. The van der Waals surface area contributed by atoms with Crippen LogP contribution in [0.5, 0.6) is 0 Å². The van der Waals surface area contributed by atoms with Crippen molar-refractivity contribution in [2.45, 2.75) is 78.1 Å². The Morgan fingerprint density at radius 2 is 0.833 bits per heavy atom. The van der Waals surface area contributed by atoms with Crippen LogP contribution < -0.4 is 0 Å². The first-order chi connectivity index (χ1) is 17.7. The van der Waals surface area contributed by atoms with Gasteiger partial charge in [-0.1, -0.05) is 52.4 Å². The minimum Gasteiger partial charge on any atom is -0.132 e. The topological polar surface area (TPSA) is 0 Å². The van der Waals surface area contributed by atoms with Crippen LogP contribution in [-0.4, -0.2) is 0 Å². The van der Waals surface area contributed by atoms with Gasteiger partial charge in [0.05, 0.1) is 19.5 Å². The second-order valence-electron chi connectivity index (χ2n) is 8.98. The molecule has 0 aliphatic heterocycles. The molecule has 36 heavy (non-hydrogen) atoms. The quantitative estimate of drug-likeness (QED) is 0.130. The van der Waals surface area contributed by atoms with Crippen molar-refractivity contribution in [2.24, 2.45) is 0 Å². The summed E-state index contributed by atoms with van der Waals surface area (Å²) in [6.45, 7) is 4.52. The Labute approximate surface area is 233 Å². The minimum absolute atomic E-state index is 1.12. The van der Waals surface area contributed by atoms with Crippen molar-refractivity contribution >= 4 is 45.3 Å². The van der Waals surface area contributed by atoms with Gasteiger partial charge in [-0.2, -0.15) is 0 Å². The molecule has 0 fully saturated rings. The van der Waals surface area contributed by atoms with Gasteiger partial charge in [0.1, 0.15) is 0 Å². The molecule has 0 bridgehead atoms.